The van der Waals surface area contributed by atoms with Crippen molar-refractivity contribution in [1.82, 2.24) is 28.9 Å². The summed E-state index contributed by atoms with van der Waals surface area (Å²) in [5.74, 6) is 1.01. The van der Waals surface area contributed by atoms with Gasteiger partial charge in [-0.05, 0) is 38.5 Å². The molecule has 10 heteroatoms. The molecule has 0 aliphatic heterocycles. The molecule has 1 aromatic carbocycles. The Morgan fingerprint density at radius 3 is 2.61 bits per heavy atom. The van der Waals surface area contributed by atoms with E-state index in [1.807, 2.05) is 51.1 Å². The third kappa shape index (κ3) is 3.77. The third-order valence-electron chi connectivity index (χ3n) is 5.10. The Morgan fingerprint density at radius 1 is 1.19 bits per heavy atom. The van der Waals surface area contributed by atoms with Gasteiger partial charge in [0, 0.05) is 12.7 Å². The summed E-state index contributed by atoms with van der Waals surface area (Å²) >= 11 is 0. The second-order valence-corrected chi connectivity index (χ2v) is 7.58. The van der Waals surface area contributed by atoms with Crippen molar-refractivity contribution < 1.29 is 9.84 Å². The molecule has 162 valence electrons. The molecule has 0 bridgehead atoms. The van der Waals surface area contributed by atoms with E-state index in [-0.39, 0.29) is 24.3 Å². The first-order valence-corrected chi connectivity index (χ1v) is 9.86. The zero-order valence-corrected chi connectivity index (χ0v) is 17.8. The number of nitrogens with one attached hydrogen (secondary N) is 1. The molecule has 0 amide bonds. The maximum absolute atomic E-state index is 12.6. The van der Waals surface area contributed by atoms with Crippen LogP contribution in [0.5, 0.6) is 5.75 Å². The Bertz CT molecular complexity index is 1380. The van der Waals surface area contributed by atoms with Crippen molar-refractivity contribution >= 4 is 11.2 Å². The molecular formula is C21H24N6O4. The van der Waals surface area contributed by atoms with E-state index in [1.165, 1.54) is 11.6 Å². The molecule has 0 radical (unpaired) electrons. The number of rotatable bonds is 6. The molecule has 0 spiro atoms. The zero-order chi connectivity index (χ0) is 22.3. The lowest BCUT2D eigenvalue weighted by molar-refractivity contribution is 0.0929. The second kappa shape index (κ2) is 7.88. The maximum Gasteiger partial charge on any atom is 0.329 e. The van der Waals surface area contributed by atoms with Gasteiger partial charge in [0.2, 0.25) is 5.95 Å². The van der Waals surface area contributed by atoms with Gasteiger partial charge in [0.1, 0.15) is 18.5 Å². The molecule has 31 heavy (non-hydrogen) atoms. The van der Waals surface area contributed by atoms with E-state index in [2.05, 4.69) is 15.1 Å². The normalized spacial score (nSPS) is 12.4. The molecule has 4 aromatic rings. The fourth-order valence-corrected chi connectivity index (χ4v) is 3.56. The molecule has 4 rings (SSSR count). The standard InChI is InChI=1S/C21H24N6O4/c1-12-7-5-6-8-16(12)31-11-15(28)10-26-17-18(25(4)21(30)23-19(17)29)22-20(26)27-14(3)9-13(2)24-27/h5-9,15,28H,10-11H2,1-4H3,(H,23,29,30)/t15-/m0/s1. The highest BCUT2D eigenvalue weighted by atomic mass is 16.5. The van der Waals surface area contributed by atoms with Crippen LogP contribution in [0.2, 0.25) is 0 Å². The summed E-state index contributed by atoms with van der Waals surface area (Å²) in [6.45, 7) is 5.68. The molecule has 1 atom stereocenters. The lowest BCUT2D eigenvalue weighted by atomic mass is 10.2. The summed E-state index contributed by atoms with van der Waals surface area (Å²) in [5.41, 5.74) is 1.79. The molecule has 0 aliphatic rings. The number of fused-ring (bicyclic) bond motifs is 1. The fraction of sp³-hybridized carbons (Fsp3) is 0.333. The second-order valence-electron chi connectivity index (χ2n) is 7.58. The van der Waals surface area contributed by atoms with Crippen LogP contribution in [0.3, 0.4) is 0 Å². The van der Waals surface area contributed by atoms with E-state index >= 15 is 0 Å². The summed E-state index contributed by atoms with van der Waals surface area (Å²) in [4.78, 5) is 31.5. The van der Waals surface area contributed by atoms with Crippen molar-refractivity contribution in [2.45, 2.75) is 33.4 Å². The topological polar surface area (TPSA) is 120 Å². The third-order valence-corrected chi connectivity index (χ3v) is 5.10. The Balaban J connectivity index is 1.76. The fourth-order valence-electron chi connectivity index (χ4n) is 3.56. The lowest BCUT2D eigenvalue weighted by Crippen LogP contribution is -2.31. The van der Waals surface area contributed by atoms with Gasteiger partial charge in [0.25, 0.3) is 5.56 Å². The number of aromatic amines is 1. The van der Waals surface area contributed by atoms with Crippen LogP contribution in [0.15, 0.2) is 39.9 Å². The van der Waals surface area contributed by atoms with Gasteiger partial charge in [-0.2, -0.15) is 10.1 Å². The Labute approximate surface area is 177 Å². The zero-order valence-electron chi connectivity index (χ0n) is 17.8. The summed E-state index contributed by atoms with van der Waals surface area (Å²) in [6, 6.07) is 9.40. The van der Waals surface area contributed by atoms with E-state index in [9.17, 15) is 14.7 Å². The summed E-state index contributed by atoms with van der Waals surface area (Å²) in [5, 5.41) is 15.2. The molecular weight excluding hydrogens is 400 g/mol. The van der Waals surface area contributed by atoms with Crippen LogP contribution in [0.25, 0.3) is 17.1 Å². The number of hydrogen-bond acceptors (Lipinski definition) is 6. The quantitative estimate of drug-likeness (QED) is 0.476. The van der Waals surface area contributed by atoms with Gasteiger partial charge in [-0.1, -0.05) is 18.2 Å². The average Bonchev–Trinajstić information content (AvgIpc) is 3.25. The minimum absolute atomic E-state index is 0.0186. The van der Waals surface area contributed by atoms with Crippen LogP contribution >= 0.6 is 0 Å². The summed E-state index contributed by atoms with van der Waals surface area (Å²) in [6.07, 6.45) is -0.940. The molecule has 3 aromatic heterocycles. The number of aromatic nitrogens is 6. The molecule has 0 unspecified atom stereocenters. The van der Waals surface area contributed by atoms with Crippen LogP contribution in [-0.2, 0) is 13.6 Å². The van der Waals surface area contributed by atoms with Crippen molar-refractivity contribution in [2.75, 3.05) is 6.61 Å². The van der Waals surface area contributed by atoms with Crippen LogP contribution in [0, 0.1) is 20.8 Å². The van der Waals surface area contributed by atoms with Crippen molar-refractivity contribution in [3.8, 4) is 11.7 Å². The van der Waals surface area contributed by atoms with Crippen molar-refractivity contribution in [3.63, 3.8) is 0 Å². The van der Waals surface area contributed by atoms with Crippen LogP contribution in [-0.4, -0.2) is 46.7 Å². The van der Waals surface area contributed by atoms with Gasteiger partial charge in [0.15, 0.2) is 11.2 Å². The number of aryl methyl sites for hydroxylation is 4. The monoisotopic (exact) mass is 424 g/mol. The Morgan fingerprint density at radius 2 is 1.94 bits per heavy atom. The molecule has 3 heterocycles. The molecule has 0 aliphatic carbocycles. The number of aliphatic hydroxyl groups excluding tert-OH is 1. The van der Waals surface area contributed by atoms with E-state index in [4.69, 9.17) is 4.74 Å². The highest BCUT2D eigenvalue weighted by molar-refractivity contribution is 5.72. The Hall–Kier alpha value is -3.66. The summed E-state index contributed by atoms with van der Waals surface area (Å²) < 4.78 is 10.2. The highest BCUT2D eigenvalue weighted by Crippen LogP contribution is 2.19. The van der Waals surface area contributed by atoms with E-state index in [0.29, 0.717) is 11.7 Å². The smallest absolute Gasteiger partial charge is 0.329 e. The van der Waals surface area contributed by atoms with E-state index in [0.717, 1.165) is 17.0 Å². The number of hydrogen-bond donors (Lipinski definition) is 2. The van der Waals surface area contributed by atoms with E-state index in [1.54, 1.807) is 9.25 Å². The largest absolute Gasteiger partial charge is 0.491 e. The van der Waals surface area contributed by atoms with Crippen LogP contribution in [0.4, 0.5) is 0 Å². The van der Waals surface area contributed by atoms with Gasteiger partial charge in [-0.3, -0.25) is 18.9 Å². The number of nitrogens with zero attached hydrogens (tertiary/aromatic N) is 5. The van der Waals surface area contributed by atoms with Gasteiger partial charge in [0.05, 0.1) is 12.2 Å². The van der Waals surface area contributed by atoms with Gasteiger partial charge in [-0.15, -0.1) is 0 Å². The number of benzene rings is 1. The first-order chi connectivity index (χ1) is 14.8. The SMILES string of the molecule is Cc1cc(C)n(-c2nc3c(c(=O)[nH]c(=O)n3C)n2C[C@H](O)COc2ccccc2C)n1. The predicted molar refractivity (Wildman–Crippen MR) is 115 cm³/mol. The number of para-hydroxylation sites is 1. The molecule has 10 nitrogen and oxygen atoms in total. The molecule has 0 saturated carbocycles. The highest BCUT2D eigenvalue weighted by Gasteiger charge is 2.22. The minimum atomic E-state index is -0.940. The number of aliphatic hydroxyl groups is 1. The first kappa shape index (κ1) is 20.6. The Kier molecular flexibility index (Phi) is 5.24. The average molecular weight is 424 g/mol. The van der Waals surface area contributed by atoms with Crippen molar-refractivity contribution in [2.24, 2.45) is 7.05 Å². The van der Waals surface area contributed by atoms with Crippen molar-refractivity contribution in [3.05, 3.63) is 68.1 Å². The van der Waals surface area contributed by atoms with Gasteiger partial charge < -0.3 is 9.84 Å². The molecule has 0 saturated heterocycles. The predicted octanol–water partition coefficient (Wildman–Crippen LogP) is 0.974. The molecule has 2 N–H and O–H groups in total. The lowest BCUT2D eigenvalue weighted by Gasteiger charge is -2.16. The maximum atomic E-state index is 12.6. The molecule has 0 fully saturated rings. The van der Waals surface area contributed by atoms with Crippen LogP contribution < -0.4 is 16.0 Å². The number of H-pyrrole nitrogens is 1. The summed E-state index contributed by atoms with van der Waals surface area (Å²) in [7, 11) is 1.53. The van der Waals surface area contributed by atoms with Gasteiger partial charge in [-0.25, -0.2) is 9.48 Å². The van der Waals surface area contributed by atoms with E-state index < -0.39 is 17.4 Å². The van der Waals surface area contributed by atoms with Crippen molar-refractivity contribution in [1.29, 1.82) is 0 Å². The van der Waals surface area contributed by atoms with Crippen LogP contribution in [0.1, 0.15) is 17.0 Å². The first-order valence-electron chi connectivity index (χ1n) is 9.86. The number of ether oxygens (including phenoxy) is 1. The number of imidazole rings is 1. The minimum Gasteiger partial charge on any atom is -0.491 e. The van der Waals surface area contributed by atoms with Gasteiger partial charge >= 0.3 is 5.69 Å².